The van der Waals surface area contributed by atoms with E-state index in [1.165, 1.54) is 12.8 Å². The highest BCUT2D eigenvalue weighted by Crippen LogP contribution is 2.59. The monoisotopic (exact) mass is 280 g/mol. The van der Waals surface area contributed by atoms with Gasteiger partial charge in [-0.15, -0.1) is 0 Å². The van der Waals surface area contributed by atoms with Gasteiger partial charge in [0, 0.05) is 35.9 Å². The maximum absolute atomic E-state index is 13.8. The molecule has 0 aliphatic carbocycles. The van der Waals surface area contributed by atoms with Gasteiger partial charge in [-0.1, -0.05) is 33.6 Å². The molecule has 0 bridgehead atoms. The zero-order valence-corrected chi connectivity index (χ0v) is 13.2. The first-order valence-electron chi connectivity index (χ1n) is 7.22. The van der Waals surface area contributed by atoms with Gasteiger partial charge in [0.2, 0.25) is 0 Å². The van der Waals surface area contributed by atoms with Gasteiger partial charge >= 0.3 is 0 Å². The summed E-state index contributed by atoms with van der Waals surface area (Å²) in [6.45, 7) is 8.20. The Labute approximate surface area is 116 Å². The number of aromatic nitrogens is 1. The lowest BCUT2D eigenvalue weighted by Gasteiger charge is -2.40. The molecule has 1 aromatic rings. The molecule has 19 heavy (non-hydrogen) atoms. The van der Waals surface area contributed by atoms with Gasteiger partial charge in [0.1, 0.15) is 0 Å². The molecular weight excluding hydrogens is 255 g/mol. The molecule has 1 aliphatic heterocycles. The number of nitrogens with zero attached hydrogens (tertiary/aromatic N) is 2. The lowest BCUT2D eigenvalue weighted by atomic mass is 10.2. The Kier molecular flexibility index (Phi) is 4.47. The maximum Gasteiger partial charge on any atom is 0.183 e. The minimum Gasteiger partial charge on any atom is -0.301 e. The average Bonchev–Trinajstić information content (AvgIpc) is 2.66. The Morgan fingerprint density at radius 3 is 2.05 bits per heavy atom. The fourth-order valence-corrected chi connectivity index (χ4v) is 6.19. The number of rotatable bonds is 2. The molecular formula is C15H25N2OP. The van der Waals surface area contributed by atoms with E-state index in [-0.39, 0.29) is 5.16 Å². The van der Waals surface area contributed by atoms with E-state index in [0.29, 0.717) is 0 Å². The number of pyridine rings is 1. The fraction of sp³-hybridized carbons (Fsp3) is 0.667. The third-order valence-electron chi connectivity index (χ3n) is 3.90. The second-order valence-corrected chi connectivity index (χ2v) is 9.90. The summed E-state index contributed by atoms with van der Waals surface area (Å²) in [6.07, 6.45) is 8.35. The third-order valence-corrected chi connectivity index (χ3v) is 7.92. The van der Waals surface area contributed by atoms with Crippen LogP contribution in [0.1, 0.15) is 46.5 Å². The summed E-state index contributed by atoms with van der Waals surface area (Å²) in [5.41, 5.74) is 0. The van der Waals surface area contributed by atoms with Gasteiger partial charge in [0.25, 0.3) is 0 Å². The van der Waals surface area contributed by atoms with Crippen LogP contribution in [0.4, 0.5) is 0 Å². The predicted molar refractivity (Wildman–Crippen MR) is 81.3 cm³/mol. The van der Waals surface area contributed by atoms with Crippen molar-refractivity contribution in [1.82, 2.24) is 9.65 Å². The summed E-state index contributed by atoms with van der Waals surface area (Å²) in [4.78, 5) is 4.06. The van der Waals surface area contributed by atoms with Crippen LogP contribution in [0.25, 0.3) is 0 Å². The van der Waals surface area contributed by atoms with Crippen LogP contribution in [0.3, 0.4) is 0 Å². The molecule has 1 aromatic heterocycles. The molecule has 1 fully saturated rings. The minimum absolute atomic E-state index is 0.237. The molecule has 0 spiro atoms. The van der Waals surface area contributed by atoms with Crippen LogP contribution in [-0.2, 0) is 4.57 Å². The van der Waals surface area contributed by atoms with Crippen molar-refractivity contribution in [3.8, 4) is 0 Å². The molecule has 106 valence electrons. The molecule has 1 atom stereocenters. The van der Waals surface area contributed by atoms with E-state index in [1.807, 2.05) is 12.1 Å². The van der Waals surface area contributed by atoms with Gasteiger partial charge < -0.3 is 4.57 Å². The van der Waals surface area contributed by atoms with Crippen molar-refractivity contribution >= 4 is 12.6 Å². The molecule has 0 saturated carbocycles. The van der Waals surface area contributed by atoms with Gasteiger partial charge in [-0.2, -0.15) is 0 Å². The average molecular weight is 280 g/mol. The van der Waals surface area contributed by atoms with E-state index in [2.05, 4.69) is 30.4 Å². The van der Waals surface area contributed by atoms with Crippen molar-refractivity contribution in [1.29, 1.82) is 0 Å². The van der Waals surface area contributed by atoms with Crippen molar-refractivity contribution in [2.45, 2.75) is 51.6 Å². The molecule has 1 aliphatic rings. The predicted octanol–water partition coefficient (Wildman–Crippen LogP) is 3.66. The van der Waals surface area contributed by atoms with Crippen LogP contribution in [-0.4, -0.2) is 27.9 Å². The highest BCUT2D eigenvalue weighted by Gasteiger charge is 2.43. The largest absolute Gasteiger partial charge is 0.301 e. The Bertz CT molecular complexity index is 445. The van der Waals surface area contributed by atoms with E-state index in [1.54, 1.807) is 12.4 Å². The standard InChI is InChI=1S/C15H25N2OP/c1-15(2,3)19(18,14-8-10-16-11-9-14)17-12-6-4-5-7-13-17/h8-11H,4-7,12-13H2,1-3H3/t19-/m0/s1. The zero-order valence-electron chi connectivity index (χ0n) is 12.3. The van der Waals surface area contributed by atoms with Crippen LogP contribution >= 0.6 is 7.29 Å². The van der Waals surface area contributed by atoms with E-state index >= 15 is 0 Å². The summed E-state index contributed by atoms with van der Waals surface area (Å²) in [7, 11) is -2.57. The van der Waals surface area contributed by atoms with Crippen LogP contribution < -0.4 is 5.30 Å². The van der Waals surface area contributed by atoms with Crippen molar-refractivity contribution in [3.05, 3.63) is 24.5 Å². The van der Waals surface area contributed by atoms with Crippen molar-refractivity contribution in [2.24, 2.45) is 0 Å². The molecule has 0 aromatic carbocycles. The molecule has 0 amide bonds. The SMILES string of the molecule is CC(C)(C)[P@@](=O)(c1ccncc1)N1CCCCCC1. The Hall–Kier alpha value is -0.660. The van der Waals surface area contributed by atoms with E-state index in [4.69, 9.17) is 0 Å². The third kappa shape index (κ3) is 2.93. The smallest absolute Gasteiger partial charge is 0.183 e. The zero-order chi connectivity index (χ0) is 13.9. The second-order valence-electron chi connectivity index (χ2n) is 6.32. The first-order chi connectivity index (χ1) is 8.96. The topological polar surface area (TPSA) is 33.2 Å². The highest BCUT2D eigenvalue weighted by molar-refractivity contribution is 7.70. The molecule has 0 radical (unpaired) electrons. The van der Waals surface area contributed by atoms with Crippen LogP contribution in [0.15, 0.2) is 24.5 Å². The highest BCUT2D eigenvalue weighted by atomic mass is 31.2. The van der Waals surface area contributed by atoms with Crippen LogP contribution in [0.2, 0.25) is 0 Å². The van der Waals surface area contributed by atoms with Gasteiger partial charge in [-0.25, -0.2) is 4.67 Å². The van der Waals surface area contributed by atoms with E-state index in [9.17, 15) is 4.57 Å². The van der Waals surface area contributed by atoms with E-state index in [0.717, 1.165) is 31.2 Å². The molecule has 4 heteroatoms. The summed E-state index contributed by atoms with van der Waals surface area (Å²) in [6, 6.07) is 3.85. The maximum atomic E-state index is 13.8. The van der Waals surface area contributed by atoms with Gasteiger partial charge in [-0.05, 0) is 25.0 Å². The lowest BCUT2D eigenvalue weighted by Crippen LogP contribution is -2.36. The molecule has 0 N–H and O–H groups in total. The molecule has 1 saturated heterocycles. The summed E-state index contributed by atoms with van der Waals surface area (Å²) in [5.74, 6) is 0. The van der Waals surface area contributed by atoms with Crippen molar-refractivity contribution < 1.29 is 4.57 Å². The number of hydrogen-bond donors (Lipinski definition) is 0. The summed E-state index contributed by atoms with van der Waals surface area (Å²) in [5, 5.41) is 0.718. The lowest BCUT2D eigenvalue weighted by molar-refractivity contribution is 0.410. The first kappa shape index (κ1) is 14.7. The fourth-order valence-electron chi connectivity index (χ4n) is 2.86. The molecule has 3 nitrogen and oxygen atoms in total. The summed E-state index contributed by atoms with van der Waals surface area (Å²) < 4.78 is 16.1. The Morgan fingerprint density at radius 2 is 1.58 bits per heavy atom. The quantitative estimate of drug-likeness (QED) is 0.775. The van der Waals surface area contributed by atoms with Gasteiger partial charge in [-0.3, -0.25) is 4.98 Å². The van der Waals surface area contributed by atoms with Crippen LogP contribution in [0.5, 0.6) is 0 Å². The second kappa shape index (κ2) is 5.76. The van der Waals surface area contributed by atoms with Gasteiger partial charge in [0.05, 0.1) is 0 Å². The van der Waals surface area contributed by atoms with Gasteiger partial charge in [0.15, 0.2) is 7.29 Å². The molecule has 2 rings (SSSR count). The first-order valence-corrected chi connectivity index (χ1v) is 8.88. The summed E-state index contributed by atoms with van der Waals surface area (Å²) >= 11 is 0. The minimum atomic E-state index is -2.57. The van der Waals surface area contributed by atoms with Crippen LogP contribution in [0, 0.1) is 0 Å². The van der Waals surface area contributed by atoms with Crippen molar-refractivity contribution in [2.75, 3.05) is 13.1 Å². The Balaban J connectivity index is 2.43. The normalized spacial score (nSPS) is 21.6. The van der Waals surface area contributed by atoms with E-state index < -0.39 is 7.29 Å². The van der Waals surface area contributed by atoms with Crippen molar-refractivity contribution in [3.63, 3.8) is 0 Å². The number of hydrogen-bond acceptors (Lipinski definition) is 2. The Morgan fingerprint density at radius 1 is 1.05 bits per heavy atom. The molecule has 2 heterocycles. The molecule has 0 unspecified atom stereocenters.